The molecule has 1 saturated heterocycles. The Balaban J connectivity index is 1.76. The topological polar surface area (TPSA) is 49.4 Å². The number of piperazine rings is 1. The molecule has 100 valence electrons. The zero-order chi connectivity index (χ0) is 12.7. The number of nitrogens with one attached hydrogen (secondary N) is 1. The van der Waals surface area contributed by atoms with Crippen molar-refractivity contribution in [3.05, 3.63) is 0 Å². The van der Waals surface area contributed by atoms with Crippen molar-refractivity contribution in [1.29, 1.82) is 0 Å². The van der Waals surface area contributed by atoms with Crippen molar-refractivity contribution in [3.63, 3.8) is 0 Å². The smallest absolute Gasteiger partial charge is 0.245 e. The number of amides is 2. The molecule has 1 heterocycles. The summed E-state index contributed by atoms with van der Waals surface area (Å²) >= 11 is 0. The third-order valence-corrected chi connectivity index (χ3v) is 4.30. The van der Waals surface area contributed by atoms with Crippen molar-refractivity contribution < 1.29 is 9.59 Å². The van der Waals surface area contributed by atoms with Crippen LogP contribution in [0.5, 0.6) is 0 Å². The van der Waals surface area contributed by atoms with E-state index in [1.54, 1.807) is 0 Å². The summed E-state index contributed by atoms with van der Waals surface area (Å²) in [6.07, 6.45) is 6.35. The van der Waals surface area contributed by atoms with Gasteiger partial charge in [0.2, 0.25) is 11.8 Å². The molecule has 2 saturated carbocycles. The SMILES string of the molecule is CCCC1NC(=O)C(C2CC2)N(CC2CC2)C1=O. The van der Waals surface area contributed by atoms with Gasteiger partial charge in [-0.1, -0.05) is 13.3 Å². The zero-order valence-electron chi connectivity index (χ0n) is 11.0. The largest absolute Gasteiger partial charge is 0.342 e. The number of carbonyl (C=O) groups is 2. The molecule has 18 heavy (non-hydrogen) atoms. The predicted molar refractivity (Wildman–Crippen MR) is 67.8 cm³/mol. The number of carbonyl (C=O) groups excluding carboxylic acids is 2. The van der Waals surface area contributed by atoms with Gasteiger partial charge < -0.3 is 10.2 Å². The van der Waals surface area contributed by atoms with Gasteiger partial charge in [-0.25, -0.2) is 0 Å². The Bertz CT molecular complexity index is 361. The van der Waals surface area contributed by atoms with Gasteiger partial charge in [0.25, 0.3) is 0 Å². The number of hydrogen-bond acceptors (Lipinski definition) is 2. The lowest BCUT2D eigenvalue weighted by atomic mass is 10.00. The highest BCUT2D eigenvalue weighted by molar-refractivity contribution is 5.97. The first-order valence-corrected chi connectivity index (χ1v) is 7.31. The molecule has 2 atom stereocenters. The highest BCUT2D eigenvalue weighted by atomic mass is 16.2. The first-order chi connectivity index (χ1) is 8.70. The maximum Gasteiger partial charge on any atom is 0.245 e. The molecule has 0 aromatic carbocycles. The fourth-order valence-electron chi connectivity index (χ4n) is 2.94. The summed E-state index contributed by atoms with van der Waals surface area (Å²) in [4.78, 5) is 26.6. The van der Waals surface area contributed by atoms with Crippen LogP contribution < -0.4 is 5.32 Å². The van der Waals surface area contributed by atoms with Crippen molar-refractivity contribution in [1.82, 2.24) is 10.2 Å². The van der Waals surface area contributed by atoms with Crippen LogP contribution in [0.3, 0.4) is 0 Å². The van der Waals surface area contributed by atoms with E-state index in [1.165, 1.54) is 12.8 Å². The van der Waals surface area contributed by atoms with Crippen LogP contribution in [0.4, 0.5) is 0 Å². The molecule has 4 nitrogen and oxygen atoms in total. The summed E-state index contributed by atoms with van der Waals surface area (Å²) in [6, 6.07) is -0.428. The molecule has 2 aliphatic carbocycles. The van der Waals surface area contributed by atoms with E-state index in [0.717, 1.165) is 32.2 Å². The van der Waals surface area contributed by atoms with Crippen molar-refractivity contribution in [2.24, 2.45) is 11.8 Å². The summed E-state index contributed by atoms with van der Waals surface area (Å²) < 4.78 is 0. The van der Waals surface area contributed by atoms with E-state index in [-0.39, 0.29) is 23.9 Å². The molecule has 0 aromatic heterocycles. The molecular weight excluding hydrogens is 228 g/mol. The van der Waals surface area contributed by atoms with Gasteiger partial charge in [-0.15, -0.1) is 0 Å². The number of rotatable bonds is 5. The number of hydrogen-bond donors (Lipinski definition) is 1. The van der Waals surface area contributed by atoms with E-state index >= 15 is 0 Å². The lowest BCUT2D eigenvalue weighted by Gasteiger charge is -2.39. The highest BCUT2D eigenvalue weighted by Gasteiger charge is 2.48. The molecule has 4 heteroatoms. The molecule has 0 bridgehead atoms. The molecule has 0 aromatic rings. The fourth-order valence-corrected chi connectivity index (χ4v) is 2.94. The van der Waals surface area contributed by atoms with Gasteiger partial charge in [0.05, 0.1) is 0 Å². The van der Waals surface area contributed by atoms with Crippen LogP contribution in [-0.4, -0.2) is 35.3 Å². The van der Waals surface area contributed by atoms with Gasteiger partial charge >= 0.3 is 0 Å². The lowest BCUT2D eigenvalue weighted by Crippen LogP contribution is -2.64. The second kappa shape index (κ2) is 4.56. The lowest BCUT2D eigenvalue weighted by molar-refractivity contribution is -0.150. The molecule has 3 aliphatic rings. The Morgan fingerprint density at radius 2 is 1.94 bits per heavy atom. The number of nitrogens with zero attached hydrogens (tertiary/aromatic N) is 1. The summed E-state index contributed by atoms with van der Waals surface area (Å²) in [6.45, 7) is 2.87. The van der Waals surface area contributed by atoms with E-state index in [4.69, 9.17) is 0 Å². The van der Waals surface area contributed by atoms with Crippen LogP contribution in [0, 0.1) is 11.8 Å². The van der Waals surface area contributed by atoms with Crippen LogP contribution in [0.25, 0.3) is 0 Å². The third kappa shape index (κ3) is 2.25. The standard InChI is InChI=1S/C14H22N2O2/c1-2-3-11-14(18)16(8-9-4-5-9)12(10-6-7-10)13(17)15-11/h9-12H,2-8H2,1H3,(H,15,17). The minimum atomic E-state index is -0.267. The van der Waals surface area contributed by atoms with Gasteiger partial charge in [0.1, 0.15) is 12.1 Å². The first-order valence-electron chi connectivity index (χ1n) is 7.31. The monoisotopic (exact) mass is 250 g/mol. The summed E-state index contributed by atoms with van der Waals surface area (Å²) in [5.41, 5.74) is 0. The Morgan fingerprint density at radius 3 is 2.50 bits per heavy atom. The summed E-state index contributed by atoms with van der Waals surface area (Å²) in [7, 11) is 0. The van der Waals surface area contributed by atoms with Gasteiger partial charge in [-0.3, -0.25) is 9.59 Å². The van der Waals surface area contributed by atoms with Crippen LogP contribution in [-0.2, 0) is 9.59 Å². The minimum Gasteiger partial charge on any atom is -0.342 e. The molecule has 1 N–H and O–H groups in total. The van der Waals surface area contributed by atoms with E-state index in [0.29, 0.717) is 11.8 Å². The minimum absolute atomic E-state index is 0.0937. The average molecular weight is 250 g/mol. The van der Waals surface area contributed by atoms with E-state index in [1.807, 2.05) is 4.90 Å². The molecule has 0 spiro atoms. The fraction of sp³-hybridized carbons (Fsp3) is 0.857. The van der Waals surface area contributed by atoms with Crippen molar-refractivity contribution in [2.45, 2.75) is 57.5 Å². The van der Waals surface area contributed by atoms with Crippen LogP contribution in [0.15, 0.2) is 0 Å². The zero-order valence-corrected chi connectivity index (χ0v) is 11.0. The second-order valence-electron chi connectivity index (χ2n) is 6.07. The Labute approximate surface area is 108 Å². The van der Waals surface area contributed by atoms with Gasteiger partial charge in [-0.2, -0.15) is 0 Å². The molecule has 2 unspecified atom stereocenters. The van der Waals surface area contributed by atoms with Gasteiger partial charge in [0.15, 0.2) is 0 Å². The maximum atomic E-state index is 12.5. The molecule has 2 amide bonds. The Morgan fingerprint density at radius 1 is 1.22 bits per heavy atom. The molecule has 1 aliphatic heterocycles. The van der Waals surface area contributed by atoms with Crippen molar-refractivity contribution in [2.75, 3.05) is 6.54 Å². The molecule has 3 fully saturated rings. The van der Waals surface area contributed by atoms with Gasteiger partial charge in [0, 0.05) is 6.54 Å². The highest BCUT2D eigenvalue weighted by Crippen LogP contribution is 2.39. The quantitative estimate of drug-likeness (QED) is 0.799. The maximum absolute atomic E-state index is 12.5. The van der Waals surface area contributed by atoms with E-state index in [9.17, 15) is 9.59 Å². The Hall–Kier alpha value is -1.06. The van der Waals surface area contributed by atoms with Crippen molar-refractivity contribution in [3.8, 4) is 0 Å². The summed E-state index contributed by atoms with van der Waals surface area (Å²) in [5.74, 6) is 1.34. The molecular formula is C14H22N2O2. The molecule has 0 radical (unpaired) electrons. The van der Waals surface area contributed by atoms with Crippen molar-refractivity contribution >= 4 is 11.8 Å². The summed E-state index contributed by atoms with van der Waals surface area (Å²) in [5, 5.41) is 2.93. The third-order valence-electron chi connectivity index (χ3n) is 4.30. The van der Waals surface area contributed by atoms with Crippen LogP contribution in [0.2, 0.25) is 0 Å². The average Bonchev–Trinajstić information content (AvgIpc) is 3.18. The normalized spacial score (nSPS) is 32.6. The van der Waals surface area contributed by atoms with E-state index < -0.39 is 0 Å². The van der Waals surface area contributed by atoms with Crippen LogP contribution in [0.1, 0.15) is 45.4 Å². The van der Waals surface area contributed by atoms with Crippen LogP contribution >= 0.6 is 0 Å². The molecule has 3 rings (SSSR count). The predicted octanol–water partition coefficient (Wildman–Crippen LogP) is 1.30. The van der Waals surface area contributed by atoms with Gasteiger partial charge in [-0.05, 0) is 43.9 Å². The second-order valence-corrected chi connectivity index (χ2v) is 6.07. The first kappa shape index (κ1) is 12.0. The Kier molecular flexibility index (Phi) is 3.04. The van der Waals surface area contributed by atoms with E-state index in [2.05, 4.69) is 12.2 Å².